The van der Waals surface area contributed by atoms with Crippen LogP contribution in [0.5, 0.6) is 0 Å². The van der Waals surface area contributed by atoms with Gasteiger partial charge in [-0.05, 0) is 46.6 Å². The van der Waals surface area contributed by atoms with Gasteiger partial charge in [0.05, 0.1) is 5.52 Å². The third kappa shape index (κ3) is 3.27. The molecule has 0 radical (unpaired) electrons. The Hall–Kier alpha value is -2.48. The summed E-state index contributed by atoms with van der Waals surface area (Å²) in [4.78, 5) is 0. The van der Waals surface area contributed by atoms with Crippen molar-refractivity contribution in [1.29, 1.82) is 0 Å². The quantitative estimate of drug-likeness (QED) is 0.332. The van der Waals surface area contributed by atoms with Crippen LogP contribution in [0.3, 0.4) is 0 Å². The molecular weight excluding hydrogens is 364 g/mol. The van der Waals surface area contributed by atoms with Gasteiger partial charge in [0.25, 0.3) is 0 Å². The van der Waals surface area contributed by atoms with Crippen molar-refractivity contribution < 1.29 is 0 Å². The van der Waals surface area contributed by atoms with Crippen molar-refractivity contribution in [3.63, 3.8) is 0 Å². The van der Waals surface area contributed by atoms with Gasteiger partial charge in [0.2, 0.25) is 0 Å². The van der Waals surface area contributed by atoms with Gasteiger partial charge in [0.1, 0.15) is 0 Å². The predicted molar refractivity (Wildman–Crippen MR) is 131 cm³/mol. The van der Waals surface area contributed by atoms with Crippen molar-refractivity contribution in [2.24, 2.45) is 14.1 Å². The number of hydrogen-bond donors (Lipinski definition) is 0. The lowest BCUT2D eigenvalue weighted by molar-refractivity contribution is 0.473. The van der Waals surface area contributed by atoms with Gasteiger partial charge in [0.15, 0.2) is 0 Å². The van der Waals surface area contributed by atoms with Crippen LogP contribution in [0, 0.1) is 0 Å². The lowest BCUT2D eigenvalue weighted by Gasteiger charge is -2.25. The zero-order valence-corrected chi connectivity index (χ0v) is 19.9. The summed E-state index contributed by atoms with van der Waals surface area (Å²) in [5.41, 5.74) is 8.42. The van der Waals surface area contributed by atoms with E-state index in [1.165, 1.54) is 56.9 Å². The van der Waals surface area contributed by atoms with Crippen LogP contribution in [0.25, 0.3) is 32.9 Å². The van der Waals surface area contributed by atoms with E-state index in [9.17, 15) is 0 Å². The van der Waals surface area contributed by atoms with Gasteiger partial charge >= 0.3 is 0 Å². The highest BCUT2D eigenvalue weighted by molar-refractivity contribution is 6.05. The van der Waals surface area contributed by atoms with Crippen LogP contribution in [-0.2, 0) is 24.9 Å². The van der Waals surface area contributed by atoms with Gasteiger partial charge in [-0.25, -0.2) is 0 Å². The second kappa shape index (κ2) is 7.04. The molecule has 4 aromatic rings. The molecule has 0 atom stereocenters. The lowest BCUT2D eigenvalue weighted by atomic mass is 9.80. The molecule has 2 heteroatoms. The molecule has 30 heavy (non-hydrogen) atoms. The van der Waals surface area contributed by atoms with E-state index in [2.05, 4.69) is 114 Å². The highest BCUT2D eigenvalue weighted by Crippen LogP contribution is 2.40. The Balaban J connectivity index is 2.01. The fourth-order valence-corrected chi connectivity index (χ4v) is 5.09. The van der Waals surface area contributed by atoms with Gasteiger partial charge in [-0.2, -0.15) is 0 Å². The molecule has 0 spiro atoms. The van der Waals surface area contributed by atoms with Gasteiger partial charge in [-0.3, -0.25) is 0 Å². The molecule has 0 unspecified atom stereocenters. The van der Waals surface area contributed by atoms with Gasteiger partial charge in [0, 0.05) is 53.9 Å². The average molecular weight is 401 g/mol. The molecule has 0 aliphatic carbocycles. The summed E-state index contributed by atoms with van der Waals surface area (Å²) in [5, 5.41) is 2.71. The summed E-state index contributed by atoms with van der Waals surface area (Å²) in [7, 11) is 4.33. The van der Waals surface area contributed by atoms with Crippen molar-refractivity contribution in [2.75, 3.05) is 0 Å². The molecule has 0 saturated carbocycles. The molecular formula is C28H36N2. The molecule has 0 amide bonds. The number of nitrogens with zero attached hydrogens (tertiary/aromatic N) is 2. The molecule has 2 aromatic carbocycles. The SMILES string of the molecule is CCCC(C)(C)c1ccc2c(c1)c(-c1ccc(C(C)(C)C)c3ccn(C)c13)cn2C. The number of fused-ring (bicyclic) bond motifs is 2. The molecule has 0 N–H and O–H groups in total. The zero-order chi connectivity index (χ0) is 21.8. The maximum Gasteiger partial charge on any atom is 0.0561 e. The predicted octanol–water partition coefficient (Wildman–Crippen LogP) is 7.71. The Morgan fingerprint density at radius 1 is 0.800 bits per heavy atom. The minimum Gasteiger partial charge on any atom is -0.350 e. The average Bonchev–Trinajstić information content (AvgIpc) is 3.21. The third-order valence-corrected chi connectivity index (χ3v) is 6.78. The molecule has 4 rings (SSSR count). The second-order valence-electron chi connectivity index (χ2n) is 10.6. The first-order chi connectivity index (χ1) is 14.0. The second-order valence-corrected chi connectivity index (χ2v) is 10.6. The summed E-state index contributed by atoms with van der Waals surface area (Å²) in [6.45, 7) is 13.9. The maximum absolute atomic E-state index is 2.44. The maximum atomic E-state index is 2.44. The fourth-order valence-electron chi connectivity index (χ4n) is 5.09. The number of aryl methyl sites for hydroxylation is 2. The standard InChI is InChI=1S/C28H36N2/c1-9-15-28(5,6)19-10-13-25-22(17-19)23(18-30(25)8)20-11-12-24(27(2,3)4)21-14-16-29(7)26(20)21/h10-14,16-18H,9,15H2,1-8H3. The van der Waals surface area contributed by atoms with Crippen LogP contribution in [0.4, 0.5) is 0 Å². The molecule has 0 aliphatic heterocycles. The Morgan fingerprint density at radius 3 is 2.20 bits per heavy atom. The number of hydrogen-bond acceptors (Lipinski definition) is 0. The third-order valence-electron chi connectivity index (χ3n) is 6.78. The Morgan fingerprint density at radius 2 is 1.53 bits per heavy atom. The minimum atomic E-state index is 0.119. The van der Waals surface area contributed by atoms with E-state index in [1.54, 1.807) is 0 Å². The molecule has 2 heterocycles. The normalized spacial score (nSPS) is 12.9. The van der Waals surface area contributed by atoms with Crippen LogP contribution in [0.2, 0.25) is 0 Å². The van der Waals surface area contributed by atoms with E-state index in [-0.39, 0.29) is 10.8 Å². The zero-order valence-electron chi connectivity index (χ0n) is 19.9. The van der Waals surface area contributed by atoms with Crippen LogP contribution in [-0.4, -0.2) is 9.13 Å². The van der Waals surface area contributed by atoms with Crippen LogP contribution in [0.1, 0.15) is 65.5 Å². The summed E-state index contributed by atoms with van der Waals surface area (Å²) >= 11 is 0. The molecule has 2 nitrogen and oxygen atoms in total. The van der Waals surface area contributed by atoms with E-state index in [1.807, 2.05) is 0 Å². The summed E-state index contributed by atoms with van der Waals surface area (Å²) in [6.07, 6.45) is 6.90. The number of rotatable bonds is 4. The van der Waals surface area contributed by atoms with Crippen molar-refractivity contribution >= 4 is 21.8 Å². The van der Waals surface area contributed by atoms with E-state index < -0.39 is 0 Å². The number of benzene rings is 2. The molecule has 0 bridgehead atoms. The van der Waals surface area contributed by atoms with E-state index in [0.29, 0.717) is 0 Å². The summed E-state index contributed by atoms with van der Waals surface area (Å²) in [5.74, 6) is 0. The van der Waals surface area contributed by atoms with Crippen LogP contribution < -0.4 is 0 Å². The highest BCUT2D eigenvalue weighted by Gasteiger charge is 2.23. The van der Waals surface area contributed by atoms with Gasteiger partial charge < -0.3 is 9.13 Å². The van der Waals surface area contributed by atoms with Crippen molar-refractivity contribution in [2.45, 2.75) is 65.2 Å². The first kappa shape index (κ1) is 20.8. The van der Waals surface area contributed by atoms with E-state index in [4.69, 9.17) is 0 Å². The van der Waals surface area contributed by atoms with Crippen LogP contribution >= 0.6 is 0 Å². The first-order valence-corrected chi connectivity index (χ1v) is 11.2. The molecule has 158 valence electrons. The highest BCUT2D eigenvalue weighted by atomic mass is 14.9. The minimum absolute atomic E-state index is 0.119. The Kier molecular flexibility index (Phi) is 4.88. The molecule has 0 aliphatic rings. The topological polar surface area (TPSA) is 9.86 Å². The van der Waals surface area contributed by atoms with Crippen molar-refractivity contribution in [1.82, 2.24) is 9.13 Å². The van der Waals surface area contributed by atoms with E-state index in [0.717, 1.165) is 0 Å². The largest absolute Gasteiger partial charge is 0.350 e. The molecule has 2 aromatic heterocycles. The van der Waals surface area contributed by atoms with Crippen LogP contribution in [0.15, 0.2) is 48.8 Å². The Labute approximate surface area is 181 Å². The number of aromatic nitrogens is 2. The molecule has 0 fully saturated rings. The first-order valence-electron chi connectivity index (χ1n) is 11.2. The van der Waals surface area contributed by atoms with Crippen molar-refractivity contribution in [3.8, 4) is 11.1 Å². The lowest BCUT2D eigenvalue weighted by Crippen LogP contribution is -2.16. The summed E-state index contributed by atoms with van der Waals surface area (Å²) in [6, 6.07) is 14.0. The van der Waals surface area contributed by atoms with Crippen molar-refractivity contribution in [3.05, 3.63) is 59.9 Å². The van der Waals surface area contributed by atoms with Gasteiger partial charge in [-0.1, -0.05) is 66.2 Å². The van der Waals surface area contributed by atoms with E-state index >= 15 is 0 Å². The smallest absolute Gasteiger partial charge is 0.0561 e. The monoisotopic (exact) mass is 400 g/mol. The fraction of sp³-hybridized carbons (Fsp3) is 0.429. The van der Waals surface area contributed by atoms with Gasteiger partial charge in [-0.15, -0.1) is 0 Å². The summed E-state index contributed by atoms with van der Waals surface area (Å²) < 4.78 is 4.55. The Bertz CT molecular complexity index is 1230. The molecule has 0 saturated heterocycles.